The van der Waals surface area contributed by atoms with Gasteiger partial charge in [0.1, 0.15) is 5.15 Å². The molecule has 1 aliphatic rings. The average Bonchev–Trinajstić information content (AvgIpc) is 2.70. The molecule has 9 heteroatoms. The fraction of sp³-hybridized carbons (Fsp3) is 0.250. The molecule has 2 aromatic heterocycles. The molecule has 1 aliphatic heterocycles. The molecule has 0 bridgehead atoms. The molecule has 4 rings (SSSR count). The van der Waals surface area contributed by atoms with Gasteiger partial charge in [0.25, 0.3) is 0 Å². The summed E-state index contributed by atoms with van der Waals surface area (Å²) in [5.41, 5.74) is 2.61. The molecule has 0 saturated heterocycles. The van der Waals surface area contributed by atoms with Crippen molar-refractivity contribution in [1.82, 2.24) is 19.9 Å². The highest BCUT2D eigenvalue weighted by Crippen LogP contribution is 2.31. The Balaban J connectivity index is 1.50. The van der Waals surface area contributed by atoms with Crippen LogP contribution in [0.25, 0.3) is 11.4 Å². The average molecular weight is 439 g/mol. The van der Waals surface area contributed by atoms with E-state index in [0.29, 0.717) is 41.1 Å². The van der Waals surface area contributed by atoms with Gasteiger partial charge in [-0.15, -0.1) is 0 Å². The summed E-state index contributed by atoms with van der Waals surface area (Å²) in [5, 5.41) is 0.959. The first-order valence-electron chi connectivity index (χ1n) is 8.84. The van der Waals surface area contributed by atoms with E-state index < -0.39 is 11.7 Å². The Morgan fingerprint density at radius 1 is 1.03 bits per heavy atom. The maximum atomic E-state index is 12.7. The first-order valence-corrected chi connectivity index (χ1v) is 9.60. The van der Waals surface area contributed by atoms with Gasteiger partial charge in [-0.1, -0.05) is 35.3 Å². The van der Waals surface area contributed by atoms with Crippen molar-refractivity contribution >= 4 is 23.2 Å². The number of nitrogens with zero attached hydrogens (tertiary/aromatic N) is 4. The molecule has 0 spiro atoms. The highest BCUT2D eigenvalue weighted by atomic mass is 35.5. The Morgan fingerprint density at radius 3 is 2.52 bits per heavy atom. The van der Waals surface area contributed by atoms with Gasteiger partial charge in [0, 0.05) is 55.1 Å². The first kappa shape index (κ1) is 20.1. The van der Waals surface area contributed by atoms with Crippen LogP contribution in [0, 0.1) is 0 Å². The van der Waals surface area contributed by atoms with Gasteiger partial charge in [-0.3, -0.25) is 4.90 Å². The molecule has 0 unspecified atom stereocenters. The molecular formula is C20H15Cl2F3N4. The summed E-state index contributed by atoms with van der Waals surface area (Å²) < 4.78 is 38.2. The Bertz CT molecular complexity index is 1040. The van der Waals surface area contributed by atoms with Crippen molar-refractivity contribution in [1.29, 1.82) is 0 Å². The summed E-state index contributed by atoms with van der Waals surface area (Å²) in [6.07, 6.45) is -0.411. The Morgan fingerprint density at radius 2 is 1.79 bits per heavy atom. The summed E-state index contributed by atoms with van der Waals surface area (Å²) in [7, 11) is 0. The topological polar surface area (TPSA) is 41.9 Å². The van der Waals surface area contributed by atoms with Crippen molar-refractivity contribution in [3.05, 3.63) is 75.3 Å². The molecule has 0 aliphatic carbocycles. The standard InChI is InChI=1S/C20H15Cl2F3N4/c21-16-7-13(18(22)26-9-16)10-29-6-5-17-14(11-29)8-27-19(28-17)12-1-3-15(4-2-12)20(23,24)25/h1-4,7-9H,5-6,10-11H2. The third kappa shape index (κ3) is 4.52. The number of halogens is 5. The largest absolute Gasteiger partial charge is 0.416 e. The van der Waals surface area contributed by atoms with Crippen molar-refractivity contribution in [3.63, 3.8) is 0 Å². The fourth-order valence-electron chi connectivity index (χ4n) is 3.27. The molecule has 0 atom stereocenters. The minimum absolute atomic E-state index is 0.424. The number of aromatic nitrogens is 3. The first-order chi connectivity index (χ1) is 13.8. The van der Waals surface area contributed by atoms with Crippen LogP contribution < -0.4 is 0 Å². The third-order valence-electron chi connectivity index (χ3n) is 4.76. The molecule has 0 radical (unpaired) electrons. The lowest BCUT2D eigenvalue weighted by Gasteiger charge is -2.28. The lowest BCUT2D eigenvalue weighted by Crippen LogP contribution is -2.31. The molecule has 0 N–H and O–H groups in total. The second-order valence-corrected chi connectivity index (χ2v) is 7.60. The predicted octanol–water partition coefficient (Wildman–Crippen LogP) is 5.42. The Kier molecular flexibility index (Phi) is 5.46. The van der Waals surface area contributed by atoms with E-state index in [1.165, 1.54) is 18.3 Å². The third-order valence-corrected chi connectivity index (χ3v) is 5.30. The maximum Gasteiger partial charge on any atom is 0.416 e. The van der Waals surface area contributed by atoms with Crippen molar-refractivity contribution in [2.24, 2.45) is 0 Å². The fourth-order valence-corrected chi connectivity index (χ4v) is 3.62. The number of hydrogen-bond donors (Lipinski definition) is 0. The van der Waals surface area contributed by atoms with Gasteiger partial charge in [0.2, 0.25) is 0 Å². The second-order valence-electron chi connectivity index (χ2n) is 6.80. The Hall–Kier alpha value is -2.22. The molecule has 0 amide bonds. The zero-order valence-corrected chi connectivity index (χ0v) is 16.6. The van der Waals surface area contributed by atoms with E-state index in [4.69, 9.17) is 23.2 Å². The van der Waals surface area contributed by atoms with E-state index in [1.54, 1.807) is 12.3 Å². The molecule has 150 valence electrons. The smallest absolute Gasteiger partial charge is 0.294 e. The van der Waals surface area contributed by atoms with E-state index in [1.807, 2.05) is 0 Å². The second kappa shape index (κ2) is 7.89. The molecular weight excluding hydrogens is 424 g/mol. The highest BCUT2D eigenvalue weighted by Gasteiger charge is 2.30. The van der Waals surface area contributed by atoms with Crippen LogP contribution in [0.3, 0.4) is 0 Å². The number of fused-ring (bicyclic) bond motifs is 1. The molecule has 1 aromatic carbocycles. The Labute approximate surface area is 175 Å². The molecule has 29 heavy (non-hydrogen) atoms. The van der Waals surface area contributed by atoms with Crippen LogP contribution in [0.4, 0.5) is 13.2 Å². The maximum absolute atomic E-state index is 12.7. The van der Waals surface area contributed by atoms with Crippen molar-refractivity contribution < 1.29 is 13.2 Å². The quantitative estimate of drug-likeness (QED) is 0.511. The van der Waals surface area contributed by atoms with Gasteiger partial charge in [-0.25, -0.2) is 15.0 Å². The zero-order valence-electron chi connectivity index (χ0n) is 15.0. The number of pyridine rings is 1. The van der Waals surface area contributed by atoms with Crippen LogP contribution in [-0.4, -0.2) is 26.4 Å². The normalized spacial score (nSPS) is 14.7. The summed E-state index contributed by atoms with van der Waals surface area (Å²) in [5.74, 6) is 0.424. The lowest BCUT2D eigenvalue weighted by atomic mass is 10.1. The van der Waals surface area contributed by atoms with Crippen LogP contribution in [0.2, 0.25) is 10.2 Å². The number of benzene rings is 1. The van der Waals surface area contributed by atoms with E-state index >= 15 is 0 Å². The van der Waals surface area contributed by atoms with Gasteiger partial charge in [0.05, 0.1) is 16.3 Å². The monoisotopic (exact) mass is 438 g/mol. The summed E-state index contributed by atoms with van der Waals surface area (Å²) in [6.45, 7) is 2.01. The van der Waals surface area contributed by atoms with E-state index in [0.717, 1.165) is 35.5 Å². The predicted molar refractivity (Wildman–Crippen MR) is 105 cm³/mol. The van der Waals surface area contributed by atoms with Crippen molar-refractivity contribution in [2.75, 3.05) is 6.54 Å². The van der Waals surface area contributed by atoms with Crippen LogP contribution in [-0.2, 0) is 25.7 Å². The van der Waals surface area contributed by atoms with Gasteiger partial charge < -0.3 is 0 Å². The highest BCUT2D eigenvalue weighted by molar-refractivity contribution is 6.32. The van der Waals surface area contributed by atoms with Gasteiger partial charge >= 0.3 is 6.18 Å². The summed E-state index contributed by atoms with van der Waals surface area (Å²) >= 11 is 12.2. The molecule has 0 fully saturated rings. The van der Waals surface area contributed by atoms with Crippen molar-refractivity contribution in [3.8, 4) is 11.4 Å². The summed E-state index contributed by atoms with van der Waals surface area (Å²) in [6, 6.07) is 6.68. The van der Waals surface area contributed by atoms with E-state index in [-0.39, 0.29) is 0 Å². The van der Waals surface area contributed by atoms with Crippen LogP contribution >= 0.6 is 23.2 Å². The van der Waals surface area contributed by atoms with Crippen LogP contribution in [0.1, 0.15) is 22.4 Å². The molecule has 3 aromatic rings. The SMILES string of the molecule is FC(F)(F)c1ccc(-c2ncc3c(n2)CCN(Cc2cc(Cl)cnc2Cl)C3)cc1. The van der Waals surface area contributed by atoms with Crippen LogP contribution in [0.5, 0.6) is 0 Å². The number of alkyl halides is 3. The van der Waals surface area contributed by atoms with E-state index in [2.05, 4.69) is 19.9 Å². The summed E-state index contributed by atoms with van der Waals surface area (Å²) in [4.78, 5) is 15.2. The number of rotatable bonds is 3. The molecule has 4 nitrogen and oxygen atoms in total. The number of hydrogen-bond acceptors (Lipinski definition) is 4. The minimum atomic E-state index is -4.36. The molecule has 3 heterocycles. The van der Waals surface area contributed by atoms with Gasteiger partial charge in [-0.05, 0) is 18.2 Å². The van der Waals surface area contributed by atoms with Crippen LogP contribution in [0.15, 0.2) is 42.7 Å². The molecule has 0 saturated carbocycles. The van der Waals surface area contributed by atoms with E-state index in [9.17, 15) is 13.2 Å². The lowest BCUT2D eigenvalue weighted by molar-refractivity contribution is -0.137. The van der Waals surface area contributed by atoms with Gasteiger partial charge in [-0.2, -0.15) is 13.2 Å². The minimum Gasteiger partial charge on any atom is -0.294 e. The van der Waals surface area contributed by atoms with Crippen molar-refractivity contribution in [2.45, 2.75) is 25.7 Å². The van der Waals surface area contributed by atoms with Gasteiger partial charge in [0.15, 0.2) is 5.82 Å². The zero-order chi connectivity index (χ0) is 20.6.